The molecular formula is C7H15N3O5. The van der Waals surface area contributed by atoms with E-state index in [2.05, 4.69) is 14.7 Å². The molecule has 0 aromatic heterocycles. The minimum atomic E-state index is -0.181. The molecule has 0 fully saturated rings. The number of rotatable bonds is 10. The van der Waals surface area contributed by atoms with Gasteiger partial charge in [-0.1, -0.05) is 6.92 Å². The van der Waals surface area contributed by atoms with Gasteiger partial charge in [0, 0.05) is 5.11 Å². The molecular weight excluding hydrogens is 206 g/mol. The lowest BCUT2D eigenvalue weighted by Gasteiger charge is -2.04. The summed E-state index contributed by atoms with van der Waals surface area (Å²) >= 11 is 0. The molecule has 0 aliphatic carbocycles. The molecule has 1 N–H and O–H groups in total. The lowest BCUT2D eigenvalue weighted by atomic mass is 10.5. The summed E-state index contributed by atoms with van der Waals surface area (Å²) in [4.78, 5) is 14.6. The van der Waals surface area contributed by atoms with Crippen molar-refractivity contribution in [2.75, 3.05) is 26.7 Å². The molecule has 0 radical (unpaired) electrons. The Labute approximate surface area is 87.3 Å². The summed E-state index contributed by atoms with van der Waals surface area (Å²) in [5.74, 6) is 0. The highest BCUT2D eigenvalue weighted by molar-refractivity contribution is 5.50. The SMILES string of the molecule is CCCN=[N+]([O-])NOCOCOCC=O. The molecule has 0 saturated carbocycles. The van der Waals surface area contributed by atoms with Crippen LogP contribution in [-0.2, 0) is 19.1 Å². The van der Waals surface area contributed by atoms with Gasteiger partial charge in [-0.15, -0.1) is 0 Å². The number of ether oxygens (including phenoxy) is 2. The highest BCUT2D eigenvalue weighted by Crippen LogP contribution is 1.80. The predicted molar refractivity (Wildman–Crippen MR) is 48.3 cm³/mol. The minimum absolute atomic E-state index is 0.0348. The number of hydrogen-bond donors (Lipinski definition) is 1. The highest BCUT2D eigenvalue weighted by Gasteiger charge is 1.93. The van der Waals surface area contributed by atoms with Gasteiger partial charge in [-0.25, -0.2) is 0 Å². The van der Waals surface area contributed by atoms with E-state index in [4.69, 9.17) is 4.74 Å². The maximum Gasteiger partial charge on any atom is 0.181 e. The van der Waals surface area contributed by atoms with Crippen LogP contribution in [0.1, 0.15) is 13.3 Å². The van der Waals surface area contributed by atoms with Crippen LogP contribution in [0.4, 0.5) is 0 Å². The molecule has 0 bridgehead atoms. The molecule has 0 unspecified atom stereocenters. The van der Waals surface area contributed by atoms with E-state index >= 15 is 0 Å². The van der Waals surface area contributed by atoms with Gasteiger partial charge in [-0.2, -0.15) is 4.84 Å². The average molecular weight is 221 g/mol. The van der Waals surface area contributed by atoms with E-state index in [0.717, 1.165) is 6.42 Å². The lowest BCUT2D eigenvalue weighted by molar-refractivity contribution is -0.649. The molecule has 8 nitrogen and oxygen atoms in total. The fourth-order valence-electron chi connectivity index (χ4n) is 0.532. The van der Waals surface area contributed by atoms with E-state index < -0.39 is 0 Å². The van der Waals surface area contributed by atoms with Crippen LogP contribution in [0.15, 0.2) is 5.11 Å². The molecule has 0 aliphatic rings. The van der Waals surface area contributed by atoms with Gasteiger partial charge in [0.2, 0.25) is 0 Å². The van der Waals surface area contributed by atoms with Crippen molar-refractivity contribution in [1.82, 2.24) is 5.59 Å². The number of nitrogens with zero attached hydrogens (tertiary/aromatic N) is 2. The Balaban J connectivity index is 3.19. The van der Waals surface area contributed by atoms with Gasteiger partial charge in [-0.05, 0) is 12.0 Å². The van der Waals surface area contributed by atoms with Crippen molar-refractivity contribution < 1.29 is 24.1 Å². The normalized spacial score (nSPS) is 11.4. The first-order valence-electron chi connectivity index (χ1n) is 4.42. The van der Waals surface area contributed by atoms with Crippen molar-refractivity contribution in [1.29, 1.82) is 0 Å². The van der Waals surface area contributed by atoms with Crippen molar-refractivity contribution in [2.45, 2.75) is 13.3 Å². The first kappa shape index (κ1) is 13.8. The molecule has 0 amide bonds. The van der Waals surface area contributed by atoms with Crippen LogP contribution in [0.25, 0.3) is 0 Å². The van der Waals surface area contributed by atoms with E-state index in [1.807, 2.05) is 12.5 Å². The Bertz CT molecular complexity index is 187. The zero-order valence-corrected chi connectivity index (χ0v) is 8.55. The standard InChI is InChI=1S/C7H15N3O5/c1-2-3-8-10(12)9-15-7-14-6-13-5-4-11/h4H,2-3,5-7H2,1H3,(H,8,9). The molecule has 0 atom stereocenters. The maximum absolute atomic E-state index is 10.7. The summed E-state index contributed by atoms with van der Waals surface area (Å²) in [6.07, 6.45) is 1.38. The van der Waals surface area contributed by atoms with E-state index in [1.54, 1.807) is 0 Å². The quantitative estimate of drug-likeness (QED) is 0.139. The fraction of sp³-hybridized carbons (Fsp3) is 0.857. The second-order valence-electron chi connectivity index (χ2n) is 2.35. The lowest BCUT2D eigenvalue weighted by Crippen LogP contribution is -2.25. The van der Waals surface area contributed by atoms with Crippen LogP contribution in [0, 0.1) is 5.21 Å². The van der Waals surface area contributed by atoms with Crippen LogP contribution in [0.2, 0.25) is 0 Å². The summed E-state index contributed by atoms with van der Waals surface area (Å²) in [6.45, 7) is 2.02. The number of carbonyl (C=O) groups excluding carboxylic acids is 1. The molecule has 88 valence electrons. The molecule has 0 aliphatic heterocycles. The van der Waals surface area contributed by atoms with Gasteiger partial charge in [0.05, 0.1) is 4.97 Å². The van der Waals surface area contributed by atoms with E-state index in [0.29, 0.717) is 12.8 Å². The number of carbonyl (C=O) groups is 1. The zero-order chi connectivity index (χ0) is 11.4. The van der Waals surface area contributed by atoms with Crippen molar-refractivity contribution >= 4 is 6.29 Å². The molecule has 0 heterocycles. The second kappa shape index (κ2) is 10.8. The Kier molecular flexibility index (Phi) is 9.93. The Morgan fingerprint density at radius 1 is 1.47 bits per heavy atom. The van der Waals surface area contributed by atoms with Gasteiger partial charge in [0.15, 0.2) is 6.79 Å². The Morgan fingerprint density at radius 3 is 2.93 bits per heavy atom. The molecule has 0 rings (SSSR count). The van der Waals surface area contributed by atoms with E-state index in [9.17, 15) is 10.0 Å². The first-order valence-corrected chi connectivity index (χ1v) is 4.42. The topological polar surface area (TPSA) is 95.2 Å². The molecule has 8 heteroatoms. The van der Waals surface area contributed by atoms with Gasteiger partial charge in [-0.3, -0.25) is 0 Å². The van der Waals surface area contributed by atoms with Crippen LogP contribution >= 0.6 is 0 Å². The molecule has 0 spiro atoms. The third-order valence-electron chi connectivity index (χ3n) is 1.09. The molecule has 0 saturated heterocycles. The summed E-state index contributed by atoms with van der Waals surface area (Å²) in [5, 5.41) is 14.2. The van der Waals surface area contributed by atoms with Gasteiger partial charge in [0.25, 0.3) is 0 Å². The summed E-state index contributed by atoms with van der Waals surface area (Å²) in [5.41, 5.74) is 1.97. The van der Waals surface area contributed by atoms with Crippen molar-refractivity contribution in [2.24, 2.45) is 5.11 Å². The van der Waals surface area contributed by atoms with Crippen LogP contribution < -0.4 is 5.59 Å². The number of hydrazine groups is 1. The largest absolute Gasteiger partial charge is 0.570 e. The highest BCUT2D eigenvalue weighted by atomic mass is 16.8. The van der Waals surface area contributed by atoms with Crippen molar-refractivity contribution in [3.63, 3.8) is 0 Å². The summed E-state index contributed by atoms with van der Waals surface area (Å²) < 4.78 is 9.36. The predicted octanol–water partition coefficient (Wildman–Crippen LogP) is -0.0578. The van der Waals surface area contributed by atoms with Crippen LogP contribution in [0.3, 0.4) is 0 Å². The van der Waals surface area contributed by atoms with Crippen LogP contribution in [0.5, 0.6) is 0 Å². The maximum atomic E-state index is 10.7. The monoisotopic (exact) mass is 221 g/mol. The zero-order valence-electron chi connectivity index (χ0n) is 8.55. The van der Waals surface area contributed by atoms with Crippen molar-refractivity contribution in [3.8, 4) is 0 Å². The summed E-state index contributed by atoms with van der Waals surface area (Å²) in [7, 11) is 0. The third kappa shape index (κ3) is 10.7. The smallest absolute Gasteiger partial charge is 0.181 e. The second-order valence-corrected chi connectivity index (χ2v) is 2.35. The number of nitrogens with one attached hydrogen (secondary N) is 1. The van der Waals surface area contributed by atoms with Crippen molar-refractivity contribution in [3.05, 3.63) is 5.21 Å². The van der Waals surface area contributed by atoms with Gasteiger partial charge in [0.1, 0.15) is 26.2 Å². The van der Waals surface area contributed by atoms with E-state index in [-0.39, 0.29) is 25.2 Å². The summed E-state index contributed by atoms with van der Waals surface area (Å²) in [6, 6.07) is 0. The molecule has 0 aromatic rings. The van der Waals surface area contributed by atoms with Crippen LogP contribution in [-0.4, -0.2) is 38.0 Å². The van der Waals surface area contributed by atoms with Gasteiger partial charge >= 0.3 is 0 Å². The number of hydrogen-bond acceptors (Lipinski definition) is 6. The number of aldehydes is 1. The molecule has 0 aromatic carbocycles. The fourth-order valence-corrected chi connectivity index (χ4v) is 0.532. The Morgan fingerprint density at radius 2 is 2.27 bits per heavy atom. The molecule has 15 heavy (non-hydrogen) atoms. The third-order valence-corrected chi connectivity index (χ3v) is 1.09. The van der Waals surface area contributed by atoms with Gasteiger partial charge < -0.3 is 19.5 Å². The van der Waals surface area contributed by atoms with E-state index in [1.165, 1.54) is 0 Å². The first-order chi connectivity index (χ1) is 7.31. The minimum Gasteiger partial charge on any atom is -0.570 e. The Hall–Kier alpha value is -1.25. The average Bonchev–Trinajstić information content (AvgIpc) is 2.25.